The molecule has 9 heteroatoms. The van der Waals surface area contributed by atoms with Gasteiger partial charge in [-0.05, 0) is 24.3 Å². The summed E-state index contributed by atoms with van der Waals surface area (Å²) in [7, 11) is 0. The molecule has 7 nitrogen and oxygen atoms in total. The van der Waals surface area contributed by atoms with E-state index in [0.717, 1.165) is 5.69 Å². The van der Waals surface area contributed by atoms with E-state index in [1.165, 1.54) is 18.2 Å². The Morgan fingerprint density at radius 1 is 1.26 bits per heavy atom. The number of nitrogens with one attached hydrogen (secondary N) is 1. The van der Waals surface area contributed by atoms with Crippen LogP contribution in [-0.2, 0) is 16.1 Å². The number of carbonyl (C=O) groups excluding carboxylic acids is 2. The molecule has 2 aliphatic rings. The molecule has 0 aliphatic carbocycles. The molecular weight excluding hydrogens is 360 g/mol. The lowest BCUT2D eigenvalue weighted by Gasteiger charge is -2.16. The molecule has 0 saturated carbocycles. The Morgan fingerprint density at radius 3 is 2.85 bits per heavy atom. The summed E-state index contributed by atoms with van der Waals surface area (Å²) in [6, 6.07) is 9.41. The third-order valence-electron chi connectivity index (χ3n) is 4.33. The summed E-state index contributed by atoms with van der Waals surface area (Å²) in [4.78, 5) is 30.4. The van der Waals surface area contributed by atoms with Gasteiger partial charge < -0.3 is 19.7 Å². The van der Waals surface area contributed by atoms with Crippen LogP contribution in [0.5, 0.6) is 11.5 Å². The van der Waals surface area contributed by atoms with Crippen LogP contribution in [0.15, 0.2) is 42.6 Å². The highest BCUT2D eigenvalue weighted by molar-refractivity contribution is 5.97. The predicted octanol–water partition coefficient (Wildman–Crippen LogP) is 2.39. The minimum absolute atomic E-state index is 0.0846. The van der Waals surface area contributed by atoms with E-state index in [-0.39, 0.29) is 42.0 Å². The van der Waals surface area contributed by atoms with E-state index in [4.69, 9.17) is 0 Å². The molecule has 2 aromatic rings. The summed E-state index contributed by atoms with van der Waals surface area (Å²) < 4.78 is 34.8. The van der Waals surface area contributed by atoms with Gasteiger partial charge in [0.05, 0.1) is 18.2 Å². The van der Waals surface area contributed by atoms with Crippen LogP contribution in [0.25, 0.3) is 0 Å². The average Bonchev–Trinajstić information content (AvgIpc) is 3.13. The second-order valence-electron chi connectivity index (χ2n) is 6.31. The van der Waals surface area contributed by atoms with Crippen molar-refractivity contribution in [3.8, 4) is 11.5 Å². The Kier molecular flexibility index (Phi) is 4.14. The molecule has 1 unspecified atom stereocenters. The molecule has 1 fully saturated rings. The number of ether oxygens (including phenoxy) is 2. The number of rotatable bonds is 4. The number of hydrogen-bond acceptors (Lipinski definition) is 5. The summed E-state index contributed by atoms with van der Waals surface area (Å²) in [5.74, 6) is -1.29. The minimum atomic E-state index is -3.71. The summed E-state index contributed by atoms with van der Waals surface area (Å²) in [5.41, 5.74) is 1.03. The zero-order valence-corrected chi connectivity index (χ0v) is 14.0. The van der Waals surface area contributed by atoms with Crippen LogP contribution in [0.4, 0.5) is 14.5 Å². The molecule has 1 aromatic carbocycles. The summed E-state index contributed by atoms with van der Waals surface area (Å²) in [6.45, 7) is 0.604. The van der Waals surface area contributed by atoms with Crippen LogP contribution in [0.2, 0.25) is 0 Å². The first-order valence-electron chi connectivity index (χ1n) is 8.28. The normalized spacial score (nSPS) is 20.0. The van der Waals surface area contributed by atoms with Gasteiger partial charge in [0.25, 0.3) is 0 Å². The third kappa shape index (κ3) is 3.67. The van der Waals surface area contributed by atoms with Gasteiger partial charge in [0.1, 0.15) is 0 Å². The Hall–Kier alpha value is -3.23. The lowest BCUT2D eigenvalue weighted by molar-refractivity contribution is -0.286. The number of alkyl halides is 2. The van der Waals surface area contributed by atoms with Gasteiger partial charge in [-0.25, -0.2) is 0 Å². The fourth-order valence-corrected chi connectivity index (χ4v) is 3.06. The van der Waals surface area contributed by atoms with Crippen molar-refractivity contribution in [3.63, 3.8) is 0 Å². The van der Waals surface area contributed by atoms with Crippen molar-refractivity contribution in [1.82, 2.24) is 9.88 Å². The van der Waals surface area contributed by atoms with Crippen LogP contribution in [0.3, 0.4) is 0 Å². The van der Waals surface area contributed by atoms with Gasteiger partial charge in [-0.2, -0.15) is 0 Å². The number of pyridine rings is 1. The molecule has 1 aromatic heterocycles. The number of anilines is 1. The van der Waals surface area contributed by atoms with Crippen LogP contribution >= 0.6 is 0 Å². The van der Waals surface area contributed by atoms with Crippen molar-refractivity contribution in [2.75, 3.05) is 11.9 Å². The quantitative estimate of drug-likeness (QED) is 0.888. The monoisotopic (exact) mass is 375 g/mol. The van der Waals surface area contributed by atoms with E-state index in [2.05, 4.69) is 19.8 Å². The third-order valence-corrected chi connectivity index (χ3v) is 4.33. The SMILES string of the molecule is O=C(Nc1ccc2c(c1)OC(F)(F)O2)C1CC(=O)N(Cc2ccccn2)C1. The topological polar surface area (TPSA) is 80.8 Å². The van der Waals surface area contributed by atoms with Crippen LogP contribution in [0, 0.1) is 5.92 Å². The molecule has 0 bridgehead atoms. The van der Waals surface area contributed by atoms with Gasteiger partial charge in [-0.15, -0.1) is 8.78 Å². The predicted molar refractivity (Wildman–Crippen MR) is 89.0 cm³/mol. The van der Waals surface area contributed by atoms with Crippen LogP contribution < -0.4 is 14.8 Å². The molecule has 27 heavy (non-hydrogen) atoms. The second kappa shape index (κ2) is 6.49. The number of hydrogen-bond donors (Lipinski definition) is 1. The molecule has 1 atom stereocenters. The van der Waals surface area contributed by atoms with Gasteiger partial charge in [-0.3, -0.25) is 14.6 Å². The van der Waals surface area contributed by atoms with Gasteiger partial charge in [0, 0.05) is 30.9 Å². The average molecular weight is 375 g/mol. The Bertz CT molecular complexity index is 891. The summed E-state index contributed by atoms with van der Waals surface area (Å²) in [5, 5.41) is 2.63. The molecule has 0 radical (unpaired) electrons. The van der Waals surface area contributed by atoms with E-state index in [9.17, 15) is 18.4 Å². The van der Waals surface area contributed by atoms with Gasteiger partial charge in [-0.1, -0.05) is 6.07 Å². The largest absolute Gasteiger partial charge is 0.586 e. The van der Waals surface area contributed by atoms with Crippen LogP contribution in [0.1, 0.15) is 12.1 Å². The number of amides is 2. The van der Waals surface area contributed by atoms with E-state index in [1.807, 2.05) is 12.1 Å². The number of carbonyl (C=O) groups is 2. The summed E-state index contributed by atoms with van der Waals surface area (Å²) >= 11 is 0. The molecule has 140 valence electrons. The number of aromatic nitrogens is 1. The highest BCUT2D eigenvalue weighted by atomic mass is 19.3. The molecule has 1 N–H and O–H groups in total. The van der Waals surface area contributed by atoms with E-state index in [1.54, 1.807) is 17.2 Å². The first-order valence-corrected chi connectivity index (χ1v) is 8.28. The fourth-order valence-electron chi connectivity index (χ4n) is 3.06. The van der Waals surface area contributed by atoms with Crippen molar-refractivity contribution in [2.45, 2.75) is 19.3 Å². The van der Waals surface area contributed by atoms with Crippen molar-refractivity contribution in [2.24, 2.45) is 5.92 Å². The van der Waals surface area contributed by atoms with E-state index >= 15 is 0 Å². The highest BCUT2D eigenvalue weighted by Crippen LogP contribution is 2.42. The number of halogens is 2. The Morgan fingerprint density at radius 2 is 2.07 bits per heavy atom. The maximum absolute atomic E-state index is 13.1. The van der Waals surface area contributed by atoms with E-state index in [0.29, 0.717) is 6.54 Å². The second-order valence-corrected chi connectivity index (χ2v) is 6.31. The Balaban J connectivity index is 1.39. The van der Waals surface area contributed by atoms with Gasteiger partial charge in [0.15, 0.2) is 11.5 Å². The van der Waals surface area contributed by atoms with Crippen molar-refractivity contribution in [1.29, 1.82) is 0 Å². The zero-order valence-electron chi connectivity index (χ0n) is 14.0. The number of likely N-dealkylation sites (tertiary alicyclic amines) is 1. The van der Waals surface area contributed by atoms with Crippen LogP contribution in [-0.4, -0.2) is 34.5 Å². The zero-order chi connectivity index (χ0) is 19.0. The minimum Gasteiger partial charge on any atom is -0.395 e. The Labute approximate surface area is 152 Å². The lowest BCUT2D eigenvalue weighted by Crippen LogP contribution is -2.28. The van der Waals surface area contributed by atoms with Gasteiger partial charge in [0.2, 0.25) is 11.8 Å². The molecule has 1 saturated heterocycles. The van der Waals surface area contributed by atoms with Crippen molar-refractivity contribution in [3.05, 3.63) is 48.3 Å². The summed E-state index contributed by atoms with van der Waals surface area (Å²) in [6.07, 6.45) is -1.99. The first kappa shape index (κ1) is 17.2. The van der Waals surface area contributed by atoms with Crippen molar-refractivity contribution >= 4 is 17.5 Å². The maximum atomic E-state index is 13.1. The first-order chi connectivity index (χ1) is 12.9. The molecule has 0 spiro atoms. The molecule has 4 rings (SSSR count). The molecule has 2 amide bonds. The molecule has 3 heterocycles. The number of nitrogens with zero attached hydrogens (tertiary/aromatic N) is 2. The van der Waals surface area contributed by atoms with E-state index < -0.39 is 12.2 Å². The van der Waals surface area contributed by atoms with Crippen molar-refractivity contribution < 1.29 is 27.8 Å². The maximum Gasteiger partial charge on any atom is 0.586 e. The molecule has 2 aliphatic heterocycles. The number of fused-ring (bicyclic) bond motifs is 1. The smallest absolute Gasteiger partial charge is 0.395 e. The fraction of sp³-hybridized carbons (Fsp3) is 0.278. The van der Waals surface area contributed by atoms with Gasteiger partial charge >= 0.3 is 6.29 Å². The molecular formula is C18H15F2N3O4. The lowest BCUT2D eigenvalue weighted by atomic mass is 10.1. The highest BCUT2D eigenvalue weighted by Gasteiger charge is 2.43. The standard InChI is InChI=1S/C18H15F2N3O4/c19-18(20)26-14-5-4-12(8-15(14)27-18)22-17(25)11-7-16(24)23(9-11)10-13-3-1-2-6-21-13/h1-6,8,11H,7,9-10H2,(H,22,25). The number of benzene rings is 1.